The van der Waals surface area contributed by atoms with Crippen LogP contribution in [0.3, 0.4) is 0 Å². The molecule has 0 saturated heterocycles. The average Bonchev–Trinajstić information content (AvgIpc) is 2.92. The van der Waals surface area contributed by atoms with E-state index in [0.29, 0.717) is 5.52 Å². The second-order valence-electron chi connectivity index (χ2n) is 5.04. The molecule has 1 amide bonds. The molecule has 7 heteroatoms. The van der Waals surface area contributed by atoms with Crippen molar-refractivity contribution in [2.75, 3.05) is 5.32 Å². The zero-order valence-electron chi connectivity index (χ0n) is 12.1. The van der Waals surface area contributed by atoms with Gasteiger partial charge in [-0.2, -0.15) is 23.0 Å². The molecule has 0 aliphatic carbocycles. The number of benzene rings is 2. The lowest BCUT2D eigenvalue weighted by Gasteiger charge is -2.13. The minimum absolute atomic E-state index is 0.304. The lowest BCUT2D eigenvalue weighted by Crippen LogP contribution is -2.22. The van der Waals surface area contributed by atoms with E-state index in [4.69, 9.17) is 0 Å². The zero-order valence-corrected chi connectivity index (χ0v) is 12.1. The molecule has 3 rings (SSSR count). The van der Waals surface area contributed by atoms with Crippen LogP contribution in [0.2, 0.25) is 0 Å². The predicted octanol–water partition coefficient (Wildman–Crippen LogP) is 4.44. The number of carbonyl (C=O) groups is 1. The number of anilines is 1. The van der Waals surface area contributed by atoms with E-state index in [0.717, 1.165) is 21.7 Å². The molecule has 0 saturated carbocycles. The number of aryl methyl sites for hydroxylation is 1. The summed E-state index contributed by atoms with van der Waals surface area (Å²) < 4.78 is 40.0. The van der Waals surface area contributed by atoms with Crippen molar-refractivity contribution in [3.63, 3.8) is 0 Å². The van der Waals surface area contributed by atoms with Gasteiger partial charge in [-0.1, -0.05) is 24.3 Å². The van der Waals surface area contributed by atoms with Crippen molar-refractivity contribution in [2.45, 2.75) is 13.1 Å². The van der Waals surface area contributed by atoms with Crippen LogP contribution in [0.15, 0.2) is 48.7 Å². The SMILES string of the molecule is Cc1cccc2c1cnn2C(=O)Nc1ccccc1C(F)(F)F. The van der Waals surface area contributed by atoms with Crippen LogP contribution in [0, 0.1) is 6.92 Å². The number of nitrogens with one attached hydrogen (secondary N) is 1. The summed E-state index contributed by atoms with van der Waals surface area (Å²) in [5, 5.41) is 7.01. The largest absolute Gasteiger partial charge is 0.418 e. The zero-order chi connectivity index (χ0) is 16.6. The molecule has 23 heavy (non-hydrogen) atoms. The Morgan fingerprint density at radius 3 is 2.61 bits per heavy atom. The van der Waals surface area contributed by atoms with E-state index < -0.39 is 17.8 Å². The maximum Gasteiger partial charge on any atom is 0.418 e. The van der Waals surface area contributed by atoms with E-state index >= 15 is 0 Å². The summed E-state index contributed by atoms with van der Waals surface area (Å²) in [5.41, 5.74) is 0.256. The van der Waals surface area contributed by atoms with Crippen molar-refractivity contribution >= 4 is 22.6 Å². The van der Waals surface area contributed by atoms with Crippen LogP contribution >= 0.6 is 0 Å². The van der Waals surface area contributed by atoms with E-state index in [1.54, 1.807) is 12.1 Å². The maximum absolute atomic E-state index is 13.0. The molecule has 0 atom stereocenters. The Morgan fingerprint density at radius 2 is 1.87 bits per heavy atom. The predicted molar refractivity (Wildman–Crippen MR) is 80.3 cm³/mol. The van der Waals surface area contributed by atoms with Gasteiger partial charge < -0.3 is 5.32 Å². The van der Waals surface area contributed by atoms with Crippen LogP contribution in [-0.4, -0.2) is 15.8 Å². The van der Waals surface area contributed by atoms with Crippen molar-refractivity contribution in [1.82, 2.24) is 9.78 Å². The Hall–Kier alpha value is -2.83. The molecule has 0 bridgehead atoms. The molecular weight excluding hydrogens is 307 g/mol. The lowest BCUT2D eigenvalue weighted by molar-refractivity contribution is -0.136. The summed E-state index contributed by atoms with van der Waals surface area (Å²) in [6.45, 7) is 1.87. The van der Waals surface area contributed by atoms with Gasteiger partial charge in [0.1, 0.15) is 0 Å². The number of aromatic nitrogens is 2. The van der Waals surface area contributed by atoms with Gasteiger partial charge in [0.25, 0.3) is 0 Å². The minimum Gasteiger partial charge on any atom is -0.305 e. The van der Waals surface area contributed by atoms with E-state index in [2.05, 4.69) is 10.4 Å². The third-order valence-electron chi connectivity index (χ3n) is 3.50. The first-order valence-electron chi connectivity index (χ1n) is 6.79. The van der Waals surface area contributed by atoms with Gasteiger partial charge in [-0.15, -0.1) is 0 Å². The van der Waals surface area contributed by atoms with Crippen LogP contribution in [0.1, 0.15) is 11.1 Å². The summed E-state index contributed by atoms with van der Waals surface area (Å²) in [7, 11) is 0. The molecule has 1 aromatic heterocycles. The van der Waals surface area contributed by atoms with Gasteiger partial charge in [0.05, 0.1) is 23.0 Å². The standard InChI is InChI=1S/C16H12F3N3O/c1-10-5-4-8-14-11(10)9-20-22(14)15(23)21-13-7-3-2-6-12(13)16(17,18)19/h2-9H,1H3,(H,21,23). The van der Waals surface area contributed by atoms with Crippen molar-refractivity contribution in [2.24, 2.45) is 0 Å². The van der Waals surface area contributed by atoms with E-state index in [1.165, 1.54) is 24.4 Å². The molecule has 1 N–H and O–H groups in total. The fourth-order valence-corrected chi connectivity index (χ4v) is 2.36. The Bertz CT molecular complexity index is 884. The molecule has 4 nitrogen and oxygen atoms in total. The fraction of sp³-hybridized carbons (Fsp3) is 0.125. The molecule has 1 heterocycles. The van der Waals surface area contributed by atoms with Crippen molar-refractivity contribution < 1.29 is 18.0 Å². The lowest BCUT2D eigenvalue weighted by atomic mass is 10.1. The third-order valence-corrected chi connectivity index (χ3v) is 3.50. The molecule has 2 aromatic carbocycles. The summed E-state index contributed by atoms with van der Waals surface area (Å²) in [4.78, 5) is 12.3. The molecule has 3 aromatic rings. The molecule has 0 unspecified atom stereocenters. The van der Waals surface area contributed by atoms with Crippen LogP contribution in [0.5, 0.6) is 0 Å². The van der Waals surface area contributed by atoms with Gasteiger partial charge >= 0.3 is 12.2 Å². The summed E-state index contributed by atoms with van der Waals surface area (Å²) in [6, 6.07) is 9.38. The number of nitrogens with zero attached hydrogens (tertiary/aromatic N) is 2. The number of para-hydroxylation sites is 1. The second kappa shape index (κ2) is 5.42. The summed E-state index contributed by atoms with van der Waals surface area (Å²) >= 11 is 0. The van der Waals surface area contributed by atoms with Crippen molar-refractivity contribution in [3.8, 4) is 0 Å². The molecular formula is C16H12F3N3O. The summed E-state index contributed by atoms with van der Waals surface area (Å²) in [5.74, 6) is 0. The van der Waals surface area contributed by atoms with Crippen LogP contribution in [-0.2, 0) is 6.18 Å². The van der Waals surface area contributed by atoms with E-state index in [1.807, 2.05) is 13.0 Å². The van der Waals surface area contributed by atoms with Gasteiger partial charge in [-0.3, -0.25) is 0 Å². The minimum atomic E-state index is -4.55. The topological polar surface area (TPSA) is 46.9 Å². The van der Waals surface area contributed by atoms with Crippen LogP contribution in [0.4, 0.5) is 23.7 Å². The van der Waals surface area contributed by atoms with E-state index in [-0.39, 0.29) is 5.69 Å². The smallest absolute Gasteiger partial charge is 0.305 e. The fourth-order valence-electron chi connectivity index (χ4n) is 2.36. The highest BCUT2D eigenvalue weighted by Crippen LogP contribution is 2.34. The number of alkyl halides is 3. The Labute approximate surface area is 129 Å². The number of fused-ring (bicyclic) bond motifs is 1. The van der Waals surface area contributed by atoms with Gasteiger partial charge in [0.15, 0.2) is 0 Å². The Morgan fingerprint density at radius 1 is 1.13 bits per heavy atom. The number of rotatable bonds is 1. The number of hydrogen-bond acceptors (Lipinski definition) is 2. The monoisotopic (exact) mass is 319 g/mol. The Kier molecular flexibility index (Phi) is 3.55. The van der Waals surface area contributed by atoms with Gasteiger partial charge in [-0.25, -0.2) is 4.79 Å². The first kappa shape index (κ1) is 15.1. The van der Waals surface area contributed by atoms with Gasteiger partial charge in [0.2, 0.25) is 0 Å². The highest BCUT2D eigenvalue weighted by Gasteiger charge is 2.33. The van der Waals surface area contributed by atoms with E-state index in [9.17, 15) is 18.0 Å². The molecule has 118 valence electrons. The molecule has 0 spiro atoms. The number of carbonyl (C=O) groups excluding carboxylic acids is 1. The quantitative estimate of drug-likeness (QED) is 0.720. The highest BCUT2D eigenvalue weighted by molar-refractivity contribution is 5.98. The number of halogens is 3. The molecule has 0 aliphatic rings. The molecule has 0 radical (unpaired) electrons. The highest BCUT2D eigenvalue weighted by atomic mass is 19.4. The summed E-state index contributed by atoms with van der Waals surface area (Å²) in [6.07, 6.45) is -3.04. The van der Waals surface area contributed by atoms with Gasteiger partial charge in [-0.05, 0) is 30.7 Å². The van der Waals surface area contributed by atoms with Gasteiger partial charge in [0, 0.05) is 5.39 Å². The van der Waals surface area contributed by atoms with Crippen molar-refractivity contribution in [1.29, 1.82) is 0 Å². The molecule has 0 aliphatic heterocycles. The number of hydrogen-bond donors (Lipinski definition) is 1. The van der Waals surface area contributed by atoms with Crippen LogP contribution < -0.4 is 5.32 Å². The maximum atomic E-state index is 13.0. The average molecular weight is 319 g/mol. The molecule has 0 fully saturated rings. The van der Waals surface area contributed by atoms with Crippen LogP contribution in [0.25, 0.3) is 10.9 Å². The number of amides is 1. The third kappa shape index (κ3) is 2.77. The first-order chi connectivity index (χ1) is 10.9. The second-order valence-corrected chi connectivity index (χ2v) is 5.04. The normalized spacial score (nSPS) is 11.7. The Balaban J connectivity index is 1.98. The first-order valence-corrected chi connectivity index (χ1v) is 6.79. The van der Waals surface area contributed by atoms with Crippen molar-refractivity contribution in [3.05, 3.63) is 59.8 Å².